The van der Waals surface area contributed by atoms with Gasteiger partial charge in [-0.3, -0.25) is 9.89 Å². The number of aromatic amines is 1. The van der Waals surface area contributed by atoms with Crippen molar-refractivity contribution in [3.63, 3.8) is 0 Å². The minimum absolute atomic E-state index is 0.119. The van der Waals surface area contributed by atoms with Crippen LogP contribution in [0, 0.1) is 12.7 Å². The number of ether oxygens (including phenoxy) is 1. The average Bonchev–Trinajstić information content (AvgIpc) is 3.02. The van der Waals surface area contributed by atoms with Crippen LogP contribution in [0.25, 0.3) is 11.0 Å². The number of amides is 1. The number of halogens is 1. The number of carbonyl (C=O) groups excluding carboxylic acids is 1. The number of methoxy groups -OCH3 is 1. The fraction of sp³-hybridized carbons (Fsp3) is 0.200. The highest BCUT2D eigenvalue weighted by molar-refractivity contribution is 5.94. The van der Waals surface area contributed by atoms with Gasteiger partial charge in [0.05, 0.1) is 18.2 Å². The molecular weight excluding hydrogens is 301 g/mol. The Morgan fingerprint density at radius 3 is 3.00 bits per heavy atom. The van der Waals surface area contributed by atoms with Crippen LogP contribution >= 0.6 is 0 Å². The van der Waals surface area contributed by atoms with Gasteiger partial charge in [-0.2, -0.15) is 0 Å². The summed E-state index contributed by atoms with van der Waals surface area (Å²) < 4.78 is 18.3. The minimum Gasteiger partial charge on any atom is -0.479 e. The van der Waals surface area contributed by atoms with Crippen LogP contribution in [-0.4, -0.2) is 33.4 Å². The number of hydrogen-bond donors (Lipinski definition) is 2. The maximum Gasteiger partial charge on any atom is 0.253 e. The SMILES string of the molecule is COc1ncc(C(=O)NCc2c(C)ccc3[nH]nnc23)cc1F. The molecule has 8 heteroatoms. The number of aromatic nitrogens is 4. The molecule has 0 unspecified atom stereocenters. The van der Waals surface area contributed by atoms with Crippen LogP contribution in [0.4, 0.5) is 4.39 Å². The molecule has 2 heterocycles. The Balaban J connectivity index is 1.79. The molecule has 0 atom stereocenters. The summed E-state index contributed by atoms with van der Waals surface area (Å²) in [5.74, 6) is -1.27. The number of rotatable bonds is 4. The largest absolute Gasteiger partial charge is 0.479 e. The van der Waals surface area contributed by atoms with Crippen molar-refractivity contribution in [3.8, 4) is 5.88 Å². The van der Waals surface area contributed by atoms with Crippen molar-refractivity contribution in [2.75, 3.05) is 7.11 Å². The van der Waals surface area contributed by atoms with Gasteiger partial charge < -0.3 is 10.1 Å². The van der Waals surface area contributed by atoms with Gasteiger partial charge in [-0.25, -0.2) is 9.37 Å². The molecule has 1 amide bonds. The van der Waals surface area contributed by atoms with Crippen LogP contribution in [0.5, 0.6) is 5.88 Å². The molecule has 23 heavy (non-hydrogen) atoms. The fourth-order valence-corrected chi connectivity index (χ4v) is 2.26. The molecule has 0 fully saturated rings. The molecule has 7 nitrogen and oxygen atoms in total. The van der Waals surface area contributed by atoms with Gasteiger partial charge in [0.1, 0.15) is 5.52 Å². The quantitative estimate of drug-likeness (QED) is 0.765. The molecule has 0 saturated carbocycles. The predicted molar refractivity (Wildman–Crippen MR) is 80.5 cm³/mol. The first-order chi connectivity index (χ1) is 11.1. The Morgan fingerprint density at radius 1 is 1.43 bits per heavy atom. The van der Waals surface area contributed by atoms with E-state index in [9.17, 15) is 9.18 Å². The molecule has 0 saturated heterocycles. The third-order valence-corrected chi connectivity index (χ3v) is 3.53. The Morgan fingerprint density at radius 2 is 2.26 bits per heavy atom. The lowest BCUT2D eigenvalue weighted by Crippen LogP contribution is -2.23. The maximum atomic E-state index is 13.6. The van der Waals surface area contributed by atoms with E-state index in [1.165, 1.54) is 13.3 Å². The van der Waals surface area contributed by atoms with E-state index < -0.39 is 11.7 Å². The van der Waals surface area contributed by atoms with Crippen LogP contribution in [0.15, 0.2) is 24.4 Å². The van der Waals surface area contributed by atoms with Crippen LogP contribution < -0.4 is 10.1 Å². The highest BCUT2D eigenvalue weighted by atomic mass is 19.1. The van der Waals surface area contributed by atoms with E-state index >= 15 is 0 Å². The smallest absolute Gasteiger partial charge is 0.253 e. The van der Waals surface area contributed by atoms with Crippen molar-refractivity contribution in [1.29, 1.82) is 0 Å². The zero-order valence-electron chi connectivity index (χ0n) is 12.6. The number of nitrogens with zero attached hydrogens (tertiary/aromatic N) is 3. The van der Waals surface area contributed by atoms with E-state index in [1.54, 1.807) is 0 Å². The molecule has 0 radical (unpaired) electrons. The van der Waals surface area contributed by atoms with E-state index in [1.807, 2.05) is 19.1 Å². The number of hydrogen-bond acceptors (Lipinski definition) is 5. The highest BCUT2D eigenvalue weighted by Crippen LogP contribution is 2.18. The van der Waals surface area contributed by atoms with Crippen molar-refractivity contribution in [3.05, 3.63) is 46.9 Å². The predicted octanol–water partition coefficient (Wildman–Crippen LogP) is 1.74. The number of benzene rings is 1. The van der Waals surface area contributed by atoms with Crippen molar-refractivity contribution < 1.29 is 13.9 Å². The molecule has 3 aromatic rings. The molecular formula is C15H14FN5O2. The molecule has 1 aromatic carbocycles. The summed E-state index contributed by atoms with van der Waals surface area (Å²) in [6, 6.07) is 4.88. The van der Waals surface area contributed by atoms with Crippen molar-refractivity contribution in [2.24, 2.45) is 0 Å². The van der Waals surface area contributed by atoms with E-state index in [0.717, 1.165) is 22.7 Å². The minimum atomic E-state index is -0.685. The van der Waals surface area contributed by atoms with E-state index in [2.05, 4.69) is 25.7 Å². The van der Waals surface area contributed by atoms with Gasteiger partial charge in [-0.15, -0.1) is 5.10 Å². The molecule has 2 aromatic heterocycles. The van der Waals surface area contributed by atoms with Crippen LogP contribution in [-0.2, 0) is 6.54 Å². The summed E-state index contributed by atoms with van der Waals surface area (Å²) in [7, 11) is 1.31. The zero-order chi connectivity index (χ0) is 16.4. The maximum absolute atomic E-state index is 13.6. The summed E-state index contributed by atoms with van der Waals surface area (Å²) in [4.78, 5) is 15.9. The van der Waals surface area contributed by atoms with Crippen LogP contribution in [0.1, 0.15) is 21.5 Å². The molecule has 0 aliphatic carbocycles. The lowest BCUT2D eigenvalue weighted by Gasteiger charge is -2.09. The van der Waals surface area contributed by atoms with Gasteiger partial charge in [0.25, 0.3) is 5.91 Å². The van der Waals surface area contributed by atoms with Gasteiger partial charge >= 0.3 is 0 Å². The summed E-state index contributed by atoms with van der Waals surface area (Å²) in [6.45, 7) is 2.17. The summed E-state index contributed by atoms with van der Waals surface area (Å²) in [5, 5.41) is 13.3. The van der Waals surface area contributed by atoms with Gasteiger partial charge in [0.15, 0.2) is 5.82 Å². The first kappa shape index (κ1) is 14.9. The van der Waals surface area contributed by atoms with Crippen LogP contribution in [0.3, 0.4) is 0 Å². The van der Waals surface area contributed by atoms with Gasteiger partial charge in [0.2, 0.25) is 5.88 Å². The lowest BCUT2D eigenvalue weighted by atomic mass is 10.1. The number of nitrogens with one attached hydrogen (secondary N) is 2. The highest BCUT2D eigenvalue weighted by Gasteiger charge is 2.13. The second-order valence-corrected chi connectivity index (χ2v) is 4.97. The molecule has 0 aliphatic rings. The molecule has 0 spiro atoms. The Hall–Kier alpha value is -3.03. The zero-order valence-corrected chi connectivity index (χ0v) is 12.6. The third-order valence-electron chi connectivity index (χ3n) is 3.53. The number of H-pyrrole nitrogens is 1. The molecule has 0 bridgehead atoms. The standard InChI is InChI=1S/C15H14FN5O2/c1-8-3-4-12-13(20-21-19-12)10(8)7-17-14(22)9-5-11(16)15(23-2)18-6-9/h3-6H,7H2,1-2H3,(H,17,22)(H,19,20,21). The van der Waals surface area contributed by atoms with Crippen LogP contribution in [0.2, 0.25) is 0 Å². The average molecular weight is 315 g/mol. The van der Waals surface area contributed by atoms with Gasteiger partial charge in [-0.05, 0) is 24.6 Å². The normalized spacial score (nSPS) is 10.7. The second kappa shape index (κ2) is 5.99. The van der Waals surface area contributed by atoms with Gasteiger partial charge in [0, 0.05) is 18.3 Å². The number of carbonyl (C=O) groups is 1. The molecule has 118 valence electrons. The van der Waals surface area contributed by atoms with Crippen molar-refractivity contribution in [1.82, 2.24) is 25.7 Å². The summed E-state index contributed by atoms with van der Waals surface area (Å²) >= 11 is 0. The number of aryl methyl sites for hydroxylation is 1. The monoisotopic (exact) mass is 315 g/mol. The second-order valence-electron chi connectivity index (χ2n) is 4.97. The lowest BCUT2D eigenvalue weighted by molar-refractivity contribution is 0.0950. The Labute approximate surface area is 130 Å². The van der Waals surface area contributed by atoms with E-state index in [4.69, 9.17) is 4.74 Å². The molecule has 2 N–H and O–H groups in total. The first-order valence-corrected chi connectivity index (χ1v) is 6.87. The Bertz CT molecular complexity index is 877. The first-order valence-electron chi connectivity index (χ1n) is 6.87. The van der Waals surface area contributed by atoms with Gasteiger partial charge in [-0.1, -0.05) is 11.3 Å². The summed E-state index contributed by atoms with van der Waals surface area (Å²) in [6.07, 6.45) is 1.26. The van der Waals surface area contributed by atoms with E-state index in [-0.39, 0.29) is 18.0 Å². The van der Waals surface area contributed by atoms with Crippen molar-refractivity contribution in [2.45, 2.75) is 13.5 Å². The topological polar surface area (TPSA) is 92.8 Å². The number of fused-ring (bicyclic) bond motifs is 1. The summed E-state index contributed by atoms with van der Waals surface area (Å²) in [5.41, 5.74) is 3.44. The van der Waals surface area contributed by atoms with Crippen molar-refractivity contribution >= 4 is 16.9 Å². The molecule has 3 rings (SSSR count). The Kier molecular flexibility index (Phi) is 3.88. The number of pyridine rings is 1. The molecule has 0 aliphatic heterocycles. The fourth-order valence-electron chi connectivity index (χ4n) is 2.26. The van der Waals surface area contributed by atoms with E-state index in [0.29, 0.717) is 5.52 Å². The third kappa shape index (κ3) is 2.83.